The summed E-state index contributed by atoms with van der Waals surface area (Å²) in [6.45, 7) is 6.84. The number of ether oxygens (including phenoxy) is 1. The number of fused-ring (bicyclic) bond motifs is 1. The van der Waals surface area contributed by atoms with Crippen molar-refractivity contribution in [3.63, 3.8) is 0 Å². The fraction of sp³-hybridized carbons (Fsp3) is 0.438. The van der Waals surface area contributed by atoms with Crippen molar-refractivity contribution in [3.8, 4) is 0 Å². The Morgan fingerprint density at radius 3 is 2.73 bits per heavy atom. The van der Waals surface area contributed by atoms with Crippen LogP contribution in [0.5, 0.6) is 0 Å². The van der Waals surface area contributed by atoms with E-state index >= 15 is 0 Å². The minimum atomic E-state index is -0.460. The van der Waals surface area contributed by atoms with Crippen LogP contribution in [0.4, 0.5) is 10.6 Å². The van der Waals surface area contributed by atoms with Crippen LogP contribution in [0, 0.1) is 0 Å². The van der Waals surface area contributed by atoms with Crippen molar-refractivity contribution < 1.29 is 9.53 Å². The van der Waals surface area contributed by atoms with E-state index in [1.807, 2.05) is 45.0 Å². The van der Waals surface area contributed by atoms with Crippen LogP contribution in [0.1, 0.15) is 20.8 Å². The minimum Gasteiger partial charge on any atom is -0.444 e. The lowest BCUT2D eigenvalue weighted by Crippen LogP contribution is -2.58. The standard InChI is InChI=1S/C16H20N4O2/c1-16(2,3)22-15(21)20-8-11(9-20)19-14-12-6-4-5-7-13(12)17-10-18-14/h4-7,10-11H,8-9H2,1-3H3,(H,17,18,19). The van der Waals surface area contributed by atoms with Crippen LogP contribution in [0.3, 0.4) is 0 Å². The van der Waals surface area contributed by atoms with Gasteiger partial charge >= 0.3 is 6.09 Å². The third kappa shape index (κ3) is 3.10. The number of carbonyl (C=O) groups excluding carboxylic acids is 1. The summed E-state index contributed by atoms with van der Waals surface area (Å²) in [7, 11) is 0. The molecule has 1 aromatic carbocycles. The molecule has 6 heteroatoms. The molecular weight excluding hydrogens is 280 g/mol. The molecule has 2 aromatic rings. The number of nitrogens with one attached hydrogen (secondary N) is 1. The van der Waals surface area contributed by atoms with E-state index in [0.29, 0.717) is 13.1 Å². The Kier molecular flexibility index (Phi) is 3.60. The average molecular weight is 300 g/mol. The van der Waals surface area contributed by atoms with Crippen LogP contribution < -0.4 is 5.32 Å². The highest BCUT2D eigenvalue weighted by atomic mass is 16.6. The number of anilines is 1. The van der Waals surface area contributed by atoms with E-state index in [2.05, 4.69) is 15.3 Å². The maximum absolute atomic E-state index is 11.9. The van der Waals surface area contributed by atoms with Crippen LogP contribution in [0.15, 0.2) is 30.6 Å². The largest absolute Gasteiger partial charge is 0.444 e. The second-order valence-electron chi connectivity index (χ2n) is 6.47. The first-order chi connectivity index (χ1) is 10.4. The number of amides is 1. The summed E-state index contributed by atoms with van der Waals surface area (Å²) in [4.78, 5) is 22.1. The summed E-state index contributed by atoms with van der Waals surface area (Å²) >= 11 is 0. The molecule has 1 aliphatic rings. The van der Waals surface area contributed by atoms with Gasteiger partial charge in [-0.3, -0.25) is 0 Å². The first-order valence-electron chi connectivity index (χ1n) is 7.36. The van der Waals surface area contributed by atoms with Gasteiger partial charge in [-0.05, 0) is 32.9 Å². The Morgan fingerprint density at radius 2 is 2.00 bits per heavy atom. The average Bonchev–Trinajstić information content (AvgIpc) is 2.40. The van der Waals surface area contributed by atoms with Crippen molar-refractivity contribution in [2.75, 3.05) is 18.4 Å². The number of hydrogen-bond donors (Lipinski definition) is 1. The molecule has 0 saturated carbocycles. The number of rotatable bonds is 2. The molecule has 116 valence electrons. The monoisotopic (exact) mass is 300 g/mol. The van der Waals surface area contributed by atoms with E-state index in [1.54, 1.807) is 11.2 Å². The highest BCUT2D eigenvalue weighted by molar-refractivity contribution is 5.88. The Balaban J connectivity index is 1.61. The number of likely N-dealkylation sites (tertiary alicyclic amines) is 1. The van der Waals surface area contributed by atoms with Gasteiger partial charge in [0.25, 0.3) is 0 Å². The number of carbonyl (C=O) groups is 1. The predicted molar refractivity (Wildman–Crippen MR) is 84.8 cm³/mol. The van der Waals surface area contributed by atoms with E-state index in [9.17, 15) is 4.79 Å². The molecule has 6 nitrogen and oxygen atoms in total. The van der Waals surface area contributed by atoms with E-state index < -0.39 is 5.60 Å². The summed E-state index contributed by atoms with van der Waals surface area (Å²) in [5.74, 6) is 0.805. The molecule has 22 heavy (non-hydrogen) atoms. The molecule has 0 radical (unpaired) electrons. The van der Waals surface area contributed by atoms with Gasteiger partial charge in [0, 0.05) is 18.5 Å². The molecular formula is C16H20N4O2. The van der Waals surface area contributed by atoms with Gasteiger partial charge in [0.1, 0.15) is 17.7 Å². The van der Waals surface area contributed by atoms with Gasteiger partial charge in [-0.25, -0.2) is 14.8 Å². The van der Waals surface area contributed by atoms with Gasteiger partial charge in [0.15, 0.2) is 0 Å². The second kappa shape index (κ2) is 5.44. The van der Waals surface area contributed by atoms with Crippen LogP contribution in [-0.2, 0) is 4.74 Å². The van der Waals surface area contributed by atoms with Crippen molar-refractivity contribution in [2.24, 2.45) is 0 Å². The first-order valence-corrected chi connectivity index (χ1v) is 7.36. The third-order valence-corrected chi connectivity index (χ3v) is 3.42. The maximum Gasteiger partial charge on any atom is 0.410 e. The minimum absolute atomic E-state index is 0.186. The summed E-state index contributed by atoms with van der Waals surface area (Å²) in [5.41, 5.74) is 0.446. The highest BCUT2D eigenvalue weighted by Gasteiger charge is 2.33. The summed E-state index contributed by atoms with van der Waals surface area (Å²) in [6, 6.07) is 8.04. The quantitative estimate of drug-likeness (QED) is 0.923. The second-order valence-corrected chi connectivity index (χ2v) is 6.47. The van der Waals surface area contributed by atoms with Gasteiger partial charge in [0.05, 0.1) is 11.6 Å². The molecule has 1 aliphatic heterocycles. The van der Waals surface area contributed by atoms with Gasteiger partial charge < -0.3 is 15.0 Å². The van der Waals surface area contributed by atoms with Crippen molar-refractivity contribution in [3.05, 3.63) is 30.6 Å². The fourth-order valence-corrected chi connectivity index (χ4v) is 2.36. The molecule has 0 unspecified atom stereocenters. The lowest BCUT2D eigenvalue weighted by Gasteiger charge is -2.40. The van der Waals surface area contributed by atoms with Gasteiger partial charge in [-0.15, -0.1) is 0 Å². The molecule has 1 amide bonds. The lowest BCUT2D eigenvalue weighted by atomic mass is 10.1. The molecule has 1 N–H and O–H groups in total. The van der Waals surface area contributed by atoms with Gasteiger partial charge in [0.2, 0.25) is 0 Å². The molecule has 3 rings (SSSR count). The Morgan fingerprint density at radius 1 is 1.27 bits per heavy atom. The zero-order valence-electron chi connectivity index (χ0n) is 13.0. The molecule has 1 saturated heterocycles. The van der Waals surface area contributed by atoms with Crippen LogP contribution in [0.2, 0.25) is 0 Å². The molecule has 1 aromatic heterocycles. The highest BCUT2D eigenvalue weighted by Crippen LogP contribution is 2.22. The van der Waals surface area contributed by atoms with Crippen molar-refractivity contribution in [1.82, 2.24) is 14.9 Å². The SMILES string of the molecule is CC(C)(C)OC(=O)N1CC(Nc2ncnc3ccccc23)C1. The Bertz CT molecular complexity index is 685. The number of hydrogen-bond acceptors (Lipinski definition) is 5. The fourth-order valence-electron chi connectivity index (χ4n) is 2.36. The molecule has 0 bridgehead atoms. The predicted octanol–water partition coefficient (Wildman–Crippen LogP) is 2.66. The van der Waals surface area contributed by atoms with E-state index in [1.165, 1.54) is 0 Å². The van der Waals surface area contributed by atoms with Crippen molar-refractivity contribution in [1.29, 1.82) is 0 Å². The van der Waals surface area contributed by atoms with Gasteiger partial charge in [-0.1, -0.05) is 12.1 Å². The summed E-state index contributed by atoms with van der Waals surface area (Å²) < 4.78 is 5.34. The van der Waals surface area contributed by atoms with Crippen LogP contribution in [0.25, 0.3) is 10.9 Å². The number of para-hydroxylation sites is 1. The van der Waals surface area contributed by atoms with Gasteiger partial charge in [-0.2, -0.15) is 0 Å². The topological polar surface area (TPSA) is 67.3 Å². The van der Waals surface area contributed by atoms with E-state index in [0.717, 1.165) is 16.7 Å². The first kappa shape index (κ1) is 14.6. The smallest absolute Gasteiger partial charge is 0.410 e. The molecule has 1 fully saturated rings. The Hall–Kier alpha value is -2.37. The molecule has 2 heterocycles. The lowest BCUT2D eigenvalue weighted by molar-refractivity contribution is 0.0105. The molecule has 0 spiro atoms. The van der Waals surface area contributed by atoms with E-state index in [-0.39, 0.29) is 12.1 Å². The molecule has 0 atom stereocenters. The zero-order valence-corrected chi connectivity index (χ0v) is 13.0. The normalized spacial score (nSPS) is 15.5. The summed E-state index contributed by atoms with van der Waals surface area (Å²) in [5, 5.41) is 4.36. The van der Waals surface area contributed by atoms with Crippen LogP contribution >= 0.6 is 0 Å². The number of nitrogens with zero attached hydrogens (tertiary/aromatic N) is 3. The number of benzene rings is 1. The Labute approximate surface area is 129 Å². The molecule has 0 aliphatic carbocycles. The van der Waals surface area contributed by atoms with Crippen LogP contribution in [-0.4, -0.2) is 45.7 Å². The van der Waals surface area contributed by atoms with Crippen molar-refractivity contribution in [2.45, 2.75) is 32.4 Å². The third-order valence-electron chi connectivity index (χ3n) is 3.42. The van der Waals surface area contributed by atoms with E-state index in [4.69, 9.17) is 4.74 Å². The zero-order chi connectivity index (χ0) is 15.7. The number of aromatic nitrogens is 2. The maximum atomic E-state index is 11.9. The van der Waals surface area contributed by atoms with Crippen molar-refractivity contribution >= 4 is 22.8 Å². The summed E-state index contributed by atoms with van der Waals surface area (Å²) in [6.07, 6.45) is 1.28.